The van der Waals surface area contributed by atoms with Gasteiger partial charge in [-0.3, -0.25) is 9.78 Å². The molecule has 164 valence electrons. The van der Waals surface area contributed by atoms with Gasteiger partial charge in [-0.15, -0.1) is 0 Å². The van der Waals surface area contributed by atoms with E-state index in [1.54, 1.807) is 12.4 Å². The predicted molar refractivity (Wildman–Crippen MR) is 127 cm³/mol. The topological polar surface area (TPSA) is 83.0 Å². The van der Waals surface area contributed by atoms with E-state index in [1.165, 1.54) is 6.20 Å². The molecule has 7 nitrogen and oxygen atoms in total. The zero-order valence-electron chi connectivity index (χ0n) is 18.9. The van der Waals surface area contributed by atoms with Gasteiger partial charge in [0.05, 0.1) is 23.6 Å². The van der Waals surface area contributed by atoms with E-state index in [4.69, 9.17) is 0 Å². The third kappa shape index (κ3) is 5.98. The number of amides is 1. The van der Waals surface area contributed by atoms with Gasteiger partial charge < -0.3 is 15.5 Å². The van der Waals surface area contributed by atoms with Crippen molar-refractivity contribution in [3.05, 3.63) is 54.1 Å². The highest BCUT2D eigenvalue weighted by Crippen LogP contribution is 2.24. The summed E-state index contributed by atoms with van der Waals surface area (Å²) in [6.45, 7) is 11.8. The predicted octanol–water partition coefficient (Wildman–Crippen LogP) is 4.51. The summed E-state index contributed by atoms with van der Waals surface area (Å²) in [6.07, 6.45) is 7.02. The Morgan fingerprint density at radius 2 is 1.90 bits per heavy atom. The van der Waals surface area contributed by atoms with Gasteiger partial charge in [0.25, 0.3) is 5.91 Å². The van der Waals surface area contributed by atoms with E-state index in [0.717, 1.165) is 48.9 Å². The van der Waals surface area contributed by atoms with Crippen LogP contribution < -0.4 is 10.6 Å². The van der Waals surface area contributed by atoms with E-state index in [0.29, 0.717) is 11.5 Å². The summed E-state index contributed by atoms with van der Waals surface area (Å²) >= 11 is 0. The van der Waals surface area contributed by atoms with Crippen LogP contribution in [0.15, 0.2) is 42.9 Å². The molecule has 0 aliphatic heterocycles. The van der Waals surface area contributed by atoms with Crippen molar-refractivity contribution >= 4 is 28.3 Å². The summed E-state index contributed by atoms with van der Waals surface area (Å²) in [5.41, 5.74) is 2.81. The first-order chi connectivity index (χ1) is 15.0. The SMILES string of the molecule is CCN(CC)CCCC(C)Nc1cnc(C(=O)Nc2ccc(C)c3cccnc23)cn1. The Hall–Kier alpha value is -3.06. The molecule has 1 atom stereocenters. The van der Waals surface area contributed by atoms with Gasteiger partial charge in [0, 0.05) is 17.6 Å². The fourth-order valence-electron chi connectivity index (χ4n) is 3.61. The van der Waals surface area contributed by atoms with Crippen molar-refractivity contribution < 1.29 is 4.79 Å². The van der Waals surface area contributed by atoms with Crippen molar-refractivity contribution in [3.8, 4) is 0 Å². The standard InChI is InChI=1S/C24H32N6O/c1-5-30(6-2)14-8-9-18(4)28-22-16-26-21(15-27-22)24(31)29-20-12-11-17(3)19-10-7-13-25-23(19)20/h7,10-13,15-16,18H,5-6,8-9,14H2,1-4H3,(H,27,28)(H,29,31). The van der Waals surface area contributed by atoms with Crippen LogP contribution in [0.5, 0.6) is 0 Å². The maximum absolute atomic E-state index is 12.7. The number of carbonyl (C=O) groups excluding carboxylic acids is 1. The molecular formula is C24H32N6O. The molecule has 1 unspecified atom stereocenters. The number of fused-ring (bicyclic) bond motifs is 1. The zero-order chi connectivity index (χ0) is 22.2. The molecule has 7 heteroatoms. The monoisotopic (exact) mass is 420 g/mol. The van der Waals surface area contributed by atoms with Crippen molar-refractivity contribution in [3.63, 3.8) is 0 Å². The van der Waals surface area contributed by atoms with Crippen LogP contribution in [0.3, 0.4) is 0 Å². The summed E-state index contributed by atoms with van der Waals surface area (Å²) in [6, 6.07) is 8.01. The smallest absolute Gasteiger partial charge is 0.275 e. The first kappa shape index (κ1) is 22.6. The number of hydrogen-bond acceptors (Lipinski definition) is 6. The quantitative estimate of drug-likeness (QED) is 0.502. The second kappa shape index (κ2) is 10.8. The van der Waals surface area contributed by atoms with Crippen molar-refractivity contribution in [2.45, 2.75) is 46.6 Å². The van der Waals surface area contributed by atoms with Gasteiger partial charge in [0.2, 0.25) is 0 Å². The highest BCUT2D eigenvalue weighted by Gasteiger charge is 2.13. The first-order valence-corrected chi connectivity index (χ1v) is 11.0. The van der Waals surface area contributed by atoms with Gasteiger partial charge in [-0.2, -0.15) is 0 Å². The number of rotatable bonds is 10. The van der Waals surface area contributed by atoms with Gasteiger partial charge in [-0.1, -0.05) is 26.0 Å². The number of pyridine rings is 1. The molecular weight excluding hydrogens is 388 g/mol. The maximum Gasteiger partial charge on any atom is 0.275 e. The molecule has 0 saturated heterocycles. The minimum atomic E-state index is -0.304. The molecule has 2 N–H and O–H groups in total. The van der Waals surface area contributed by atoms with Crippen LogP contribution in [0.2, 0.25) is 0 Å². The minimum absolute atomic E-state index is 0.268. The van der Waals surface area contributed by atoms with Gasteiger partial charge in [-0.25, -0.2) is 9.97 Å². The number of aryl methyl sites for hydroxylation is 1. The lowest BCUT2D eigenvalue weighted by atomic mass is 10.1. The van der Waals surface area contributed by atoms with Gasteiger partial charge in [0.1, 0.15) is 11.5 Å². The molecule has 0 spiro atoms. The van der Waals surface area contributed by atoms with Crippen LogP contribution in [0, 0.1) is 6.92 Å². The lowest BCUT2D eigenvalue weighted by molar-refractivity contribution is 0.102. The summed E-state index contributed by atoms with van der Waals surface area (Å²) < 4.78 is 0. The minimum Gasteiger partial charge on any atom is -0.366 e. The van der Waals surface area contributed by atoms with Crippen molar-refractivity contribution in [2.75, 3.05) is 30.3 Å². The van der Waals surface area contributed by atoms with E-state index in [-0.39, 0.29) is 17.6 Å². The molecule has 0 saturated carbocycles. The largest absolute Gasteiger partial charge is 0.366 e. The van der Waals surface area contributed by atoms with Gasteiger partial charge >= 0.3 is 0 Å². The molecule has 2 aromatic heterocycles. The second-order valence-corrected chi connectivity index (χ2v) is 7.79. The Kier molecular flexibility index (Phi) is 7.89. The van der Waals surface area contributed by atoms with Gasteiger partial charge in [-0.05, 0) is 64.0 Å². The van der Waals surface area contributed by atoms with E-state index >= 15 is 0 Å². The second-order valence-electron chi connectivity index (χ2n) is 7.79. The average molecular weight is 421 g/mol. The first-order valence-electron chi connectivity index (χ1n) is 11.0. The highest BCUT2D eigenvalue weighted by molar-refractivity contribution is 6.07. The molecule has 3 rings (SSSR count). The molecule has 31 heavy (non-hydrogen) atoms. The molecule has 1 amide bonds. The Morgan fingerprint density at radius 3 is 2.61 bits per heavy atom. The molecule has 0 fully saturated rings. The summed E-state index contributed by atoms with van der Waals surface area (Å²) in [4.78, 5) is 28.2. The van der Waals surface area contributed by atoms with Crippen LogP contribution in [0.4, 0.5) is 11.5 Å². The van der Waals surface area contributed by atoms with E-state index in [1.807, 2.05) is 31.2 Å². The summed E-state index contributed by atoms with van der Waals surface area (Å²) in [5, 5.41) is 7.29. The number of nitrogens with one attached hydrogen (secondary N) is 2. The van der Waals surface area contributed by atoms with Gasteiger partial charge in [0.15, 0.2) is 0 Å². The lowest BCUT2D eigenvalue weighted by Crippen LogP contribution is -2.25. The number of nitrogens with zero attached hydrogens (tertiary/aromatic N) is 4. The van der Waals surface area contributed by atoms with Crippen LogP contribution in [-0.4, -0.2) is 51.4 Å². The lowest BCUT2D eigenvalue weighted by Gasteiger charge is -2.20. The van der Waals surface area contributed by atoms with E-state index < -0.39 is 0 Å². The number of carbonyl (C=O) groups is 1. The fourth-order valence-corrected chi connectivity index (χ4v) is 3.61. The molecule has 1 aromatic carbocycles. The average Bonchev–Trinajstić information content (AvgIpc) is 2.79. The molecule has 3 aromatic rings. The molecule has 0 bridgehead atoms. The molecule has 0 aliphatic rings. The molecule has 0 aliphatic carbocycles. The normalized spacial score (nSPS) is 12.2. The Morgan fingerprint density at radius 1 is 1.10 bits per heavy atom. The highest BCUT2D eigenvalue weighted by atomic mass is 16.1. The van der Waals surface area contributed by atoms with E-state index in [9.17, 15) is 4.79 Å². The van der Waals surface area contributed by atoms with Crippen molar-refractivity contribution in [2.24, 2.45) is 0 Å². The van der Waals surface area contributed by atoms with Crippen LogP contribution in [0.25, 0.3) is 10.9 Å². The van der Waals surface area contributed by atoms with Crippen molar-refractivity contribution in [1.82, 2.24) is 19.9 Å². The number of benzene rings is 1. The summed E-state index contributed by atoms with van der Waals surface area (Å²) in [5.74, 6) is 0.372. The van der Waals surface area contributed by atoms with E-state index in [2.05, 4.69) is 51.3 Å². The van der Waals surface area contributed by atoms with Crippen LogP contribution in [-0.2, 0) is 0 Å². The fraction of sp³-hybridized carbons (Fsp3) is 0.417. The maximum atomic E-state index is 12.7. The Balaban J connectivity index is 1.58. The molecule has 2 heterocycles. The third-order valence-electron chi connectivity index (χ3n) is 5.52. The number of aromatic nitrogens is 3. The third-order valence-corrected chi connectivity index (χ3v) is 5.52. The Bertz CT molecular complexity index is 1000. The van der Waals surface area contributed by atoms with Crippen molar-refractivity contribution in [1.29, 1.82) is 0 Å². The number of hydrogen-bond donors (Lipinski definition) is 2. The number of anilines is 2. The summed E-state index contributed by atoms with van der Waals surface area (Å²) in [7, 11) is 0. The van der Waals surface area contributed by atoms with Crippen LogP contribution >= 0.6 is 0 Å². The Labute approximate surface area is 184 Å². The van der Waals surface area contributed by atoms with Crippen LogP contribution in [0.1, 0.15) is 49.7 Å². The zero-order valence-corrected chi connectivity index (χ0v) is 18.9. The molecule has 0 radical (unpaired) electrons.